The van der Waals surface area contributed by atoms with Gasteiger partial charge in [0.1, 0.15) is 0 Å². The molecule has 3 aromatic carbocycles. The quantitative estimate of drug-likeness (QED) is 0.359. The highest BCUT2D eigenvalue weighted by Gasteiger charge is 2.66. The fourth-order valence-corrected chi connectivity index (χ4v) is 7.54. The molecule has 0 amide bonds. The molecule has 1 aliphatic carbocycles. The molecule has 0 aliphatic heterocycles. The van der Waals surface area contributed by atoms with Gasteiger partial charge in [-0.05, 0) is 12.5 Å². The molecule has 0 saturated heterocycles. The topological polar surface area (TPSA) is 34.1 Å². The number of rotatable bonds is 6. The van der Waals surface area contributed by atoms with Gasteiger partial charge in [-0.3, -0.25) is 9.59 Å². The van der Waals surface area contributed by atoms with Crippen molar-refractivity contribution in [3.63, 3.8) is 0 Å². The third kappa shape index (κ3) is 3.10. The van der Waals surface area contributed by atoms with Gasteiger partial charge in [0.15, 0.2) is 11.6 Å². The molecule has 0 aromatic heterocycles. The van der Waals surface area contributed by atoms with E-state index in [9.17, 15) is 9.59 Å². The van der Waals surface area contributed by atoms with E-state index in [0.717, 1.165) is 11.1 Å². The maximum atomic E-state index is 13.7. The molecule has 0 saturated carbocycles. The fourth-order valence-electron chi connectivity index (χ4n) is 4.59. The lowest BCUT2D eigenvalue weighted by Gasteiger charge is -2.33. The van der Waals surface area contributed by atoms with Gasteiger partial charge in [-0.25, -0.2) is 0 Å². The summed E-state index contributed by atoms with van der Waals surface area (Å²) in [6, 6.07) is 27.0. The SMILES string of the molecule is Cc1ccc(C2([Si](C)(C)C)C(C(=O)c3ccccc3)=C2C(=O)c2ccccc2)cc1. The van der Waals surface area contributed by atoms with Crippen molar-refractivity contribution in [2.75, 3.05) is 0 Å². The smallest absolute Gasteiger partial charge is 0.190 e. The lowest BCUT2D eigenvalue weighted by Crippen LogP contribution is -2.44. The minimum absolute atomic E-state index is 0.0297. The number of carbonyl (C=O) groups is 2. The summed E-state index contributed by atoms with van der Waals surface area (Å²) in [7, 11) is -2.07. The van der Waals surface area contributed by atoms with Crippen LogP contribution >= 0.6 is 0 Å². The van der Waals surface area contributed by atoms with Crippen LogP contribution < -0.4 is 0 Å². The summed E-state index contributed by atoms with van der Waals surface area (Å²) < 4.78 is 0. The number of benzene rings is 3. The second-order valence-corrected chi connectivity index (χ2v) is 14.3. The number of aryl methyl sites for hydroxylation is 1. The van der Waals surface area contributed by atoms with E-state index in [-0.39, 0.29) is 11.6 Å². The molecule has 0 fully saturated rings. The van der Waals surface area contributed by atoms with Gasteiger partial charge in [0.05, 0.1) is 8.07 Å². The molecule has 4 rings (SSSR count). The summed E-state index contributed by atoms with van der Waals surface area (Å²) in [5.74, 6) is -0.0595. The number of ketones is 2. The van der Waals surface area contributed by atoms with Crippen LogP contribution in [0.4, 0.5) is 0 Å². The first-order chi connectivity index (χ1) is 14.3. The predicted molar refractivity (Wildman–Crippen MR) is 125 cm³/mol. The fraction of sp³-hybridized carbons (Fsp3) is 0.185. The highest BCUT2D eigenvalue weighted by molar-refractivity contribution is 6.83. The van der Waals surface area contributed by atoms with E-state index >= 15 is 0 Å². The Kier molecular flexibility index (Phi) is 4.95. The van der Waals surface area contributed by atoms with Crippen LogP contribution in [0.5, 0.6) is 0 Å². The maximum Gasteiger partial charge on any atom is 0.190 e. The third-order valence-electron chi connectivity index (χ3n) is 6.07. The van der Waals surface area contributed by atoms with E-state index in [1.807, 2.05) is 60.7 Å². The summed E-state index contributed by atoms with van der Waals surface area (Å²) in [5, 5.41) is -0.569. The lowest BCUT2D eigenvalue weighted by atomic mass is 9.98. The van der Waals surface area contributed by atoms with Crippen LogP contribution in [0, 0.1) is 6.92 Å². The monoisotopic (exact) mass is 410 g/mol. The zero-order valence-electron chi connectivity index (χ0n) is 17.9. The van der Waals surface area contributed by atoms with Crippen LogP contribution in [0.15, 0.2) is 96.1 Å². The summed E-state index contributed by atoms with van der Waals surface area (Å²) in [6.45, 7) is 8.79. The van der Waals surface area contributed by atoms with Gasteiger partial charge in [0.25, 0.3) is 0 Å². The van der Waals surface area contributed by atoms with Crippen molar-refractivity contribution >= 4 is 19.6 Å². The van der Waals surface area contributed by atoms with Gasteiger partial charge >= 0.3 is 0 Å². The lowest BCUT2D eigenvalue weighted by molar-refractivity contribution is 0.102. The Morgan fingerprint density at radius 2 is 1.03 bits per heavy atom. The Hall–Kier alpha value is -3.04. The van der Waals surface area contributed by atoms with Crippen molar-refractivity contribution in [3.8, 4) is 0 Å². The second-order valence-electron chi connectivity index (χ2n) is 9.01. The maximum absolute atomic E-state index is 13.7. The third-order valence-corrected chi connectivity index (χ3v) is 9.11. The van der Waals surface area contributed by atoms with E-state index in [1.165, 1.54) is 0 Å². The zero-order chi connectivity index (χ0) is 21.5. The summed E-state index contributed by atoms with van der Waals surface area (Å²) in [4.78, 5) is 27.3. The van der Waals surface area contributed by atoms with E-state index in [0.29, 0.717) is 22.3 Å². The highest BCUT2D eigenvalue weighted by Crippen LogP contribution is 2.61. The average molecular weight is 411 g/mol. The average Bonchev–Trinajstić information content (AvgIpc) is 3.46. The number of hydrogen-bond acceptors (Lipinski definition) is 2. The Bertz CT molecular complexity index is 1070. The van der Waals surface area contributed by atoms with Crippen molar-refractivity contribution < 1.29 is 9.59 Å². The first-order valence-corrected chi connectivity index (χ1v) is 13.8. The van der Waals surface area contributed by atoms with Crippen molar-refractivity contribution in [1.29, 1.82) is 0 Å². The molecule has 0 N–H and O–H groups in total. The molecule has 0 spiro atoms. The van der Waals surface area contributed by atoms with Crippen molar-refractivity contribution in [2.24, 2.45) is 0 Å². The minimum Gasteiger partial charge on any atom is -0.289 e. The van der Waals surface area contributed by atoms with E-state index < -0.39 is 13.1 Å². The zero-order valence-corrected chi connectivity index (χ0v) is 18.9. The Balaban J connectivity index is 1.93. The van der Waals surface area contributed by atoms with Crippen LogP contribution in [0.2, 0.25) is 19.6 Å². The summed E-state index contributed by atoms with van der Waals surface area (Å²) in [6.07, 6.45) is 0. The molecule has 0 radical (unpaired) electrons. The van der Waals surface area contributed by atoms with E-state index in [2.05, 4.69) is 50.8 Å². The molecule has 0 atom stereocenters. The standard InChI is InChI=1S/C27H26O2Si/c1-19-15-17-22(18-16-19)27(30(2,3)4)23(25(28)20-11-7-5-8-12-20)24(27)26(29)21-13-9-6-10-14-21/h5-18H,1-4H3. The van der Waals surface area contributed by atoms with Crippen LogP contribution in [-0.2, 0) is 5.04 Å². The largest absolute Gasteiger partial charge is 0.289 e. The molecule has 3 aromatic rings. The molecule has 0 bridgehead atoms. The molecule has 30 heavy (non-hydrogen) atoms. The molecule has 3 heteroatoms. The molecular formula is C27H26O2Si. The number of allylic oxidation sites excluding steroid dienone is 2. The predicted octanol–water partition coefficient (Wildman–Crippen LogP) is 6.19. The molecule has 0 heterocycles. The van der Waals surface area contributed by atoms with Crippen LogP contribution in [0.25, 0.3) is 0 Å². The van der Waals surface area contributed by atoms with Crippen LogP contribution in [-0.4, -0.2) is 19.6 Å². The van der Waals surface area contributed by atoms with Gasteiger partial charge in [-0.2, -0.15) is 0 Å². The summed E-state index contributed by atoms with van der Waals surface area (Å²) >= 11 is 0. The van der Waals surface area contributed by atoms with Gasteiger partial charge < -0.3 is 0 Å². The van der Waals surface area contributed by atoms with E-state index in [1.54, 1.807) is 0 Å². The first kappa shape index (κ1) is 20.2. The molecular weight excluding hydrogens is 384 g/mol. The van der Waals surface area contributed by atoms with Gasteiger partial charge in [-0.1, -0.05) is 110 Å². The van der Waals surface area contributed by atoms with Crippen LogP contribution in [0.3, 0.4) is 0 Å². The van der Waals surface area contributed by atoms with Crippen molar-refractivity contribution in [1.82, 2.24) is 0 Å². The Morgan fingerprint density at radius 3 is 1.40 bits per heavy atom. The summed E-state index contributed by atoms with van der Waals surface area (Å²) in [5.41, 5.74) is 4.87. The molecule has 2 nitrogen and oxygen atoms in total. The Morgan fingerprint density at radius 1 is 0.633 bits per heavy atom. The van der Waals surface area contributed by atoms with E-state index in [4.69, 9.17) is 0 Å². The molecule has 0 unspecified atom stereocenters. The Labute approximate surface area is 179 Å². The number of Topliss-reactive ketones (excluding diaryl/α,β-unsaturated/α-hetero) is 2. The normalized spacial score (nSPS) is 15.1. The molecule has 1 aliphatic rings. The van der Waals surface area contributed by atoms with Crippen molar-refractivity contribution in [3.05, 3.63) is 118 Å². The van der Waals surface area contributed by atoms with Gasteiger partial charge in [0, 0.05) is 27.3 Å². The minimum atomic E-state index is -2.07. The molecule has 150 valence electrons. The first-order valence-electron chi connectivity index (χ1n) is 10.3. The van der Waals surface area contributed by atoms with Crippen molar-refractivity contribution in [2.45, 2.75) is 31.6 Å². The number of hydrogen-bond donors (Lipinski definition) is 0. The number of carbonyl (C=O) groups excluding carboxylic acids is 2. The van der Waals surface area contributed by atoms with Gasteiger partial charge in [0.2, 0.25) is 0 Å². The highest BCUT2D eigenvalue weighted by atomic mass is 28.3. The van der Waals surface area contributed by atoms with Gasteiger partial charge in [-0.15, -0.1) is 0 Å². The second kappa shape index (κ2) is 7.33. The van der Waals surface area contributed by atoms with Crippen LogP contribution in [0.1, 0.15) is 31.8 Å².